The smallest absolute Gasteiger partial charge is 0.0482 e. The van der Waals surface area contributed by atoms with Crippen LogP contribution in [0.3, 0.4) is 0 Å². The number of rotatable bonds is 5. The second-order valence-corrected chi connectivity index (χ2v) is 6.48. The van der Waals surface area contributed by atoms with Crippen LogP contribution in [-0.4, -0.2) is 25.0 Å². The van der Waals surface area contributed by atoms with Crippen LogP contribution in [0.15, 0.2) is 22.7 Å². The lowest BCUT2D eigenvalue weighted by Crippen LogP contribution is -2.36. The first kappa shape index (κ1) is 14.3. The molecule has 1 fully saturated rings. The normalized spacial score (nSPS) is 17.8. The van der Waals surface area contributed by atoms with Crippen molar-refractivity contribution in [2.45, 2.75) is 25.3 Å². The first-order valence-electron chi connectivity index (χ1n) is 6.47. The summed E-state index contributed by atoms with van der Waals surface area (Å²) in [5.74, 6) is 0.846. The van der Waals surface area contributed by atoms with Crippen LogP contribution in [0.25, 0.3) is 0 Å². The highest BCUT2D eigenvalue weighted by Gasteiger charge is 2.24. The van der Waals surface area contributed by atoms with Crippen molar-refractivity contribution >= 4 is 27.5 Å². The number of hydrogen-bond acceptors (Lipinski definition) is 2. The summed E-state index contributed by atoms with van der Waals surface area (Å²) in [4.78, 5) is 2.35. The maximum Gasteiger partial charge on any atom is 0.0482 e. The predicted molar refractivity (Wildman–Crippen MR) is 80.9 cm³/mol. The number of hydrogen-bond donors (Lipinski definition) is 1. The van der Waals surface area contributed by atoms with Crippen molar-refractivity contribution in [2.24, 2.45) is 11.7 Å². The molecule has 1 unspecified atom stereocenters. The van der Waals surface area contributed by atoms with Crippen molar-refractivity contribution in [1.29, 1.82) is 0 Å². The van der Waals surface area contributed by atoms with Crippen molar-refractivity contribution in [2.75, 3.05) is 20.1 Å². The van der Waals surface area contributed by atoms with Crippen molar-refractivity contribution in [1.82, 2.24) is 4.90 Å². The second-order valence-electron chi connectivity index (χ2n) is 5.15. The lowest BCUT2D eigenvalue weighted by Gasteiger charge is -2.35. The number of halogens is 2. The molecule has 0 bridgehead atoms. The van der Waals surface area contributed by atoms with Crippen LogP contribution in [0.5, 0.6) is 0 Å². The summed E-state index contributed by atoms with van der Waals surface area (Å²) in [5, 5.41) is 0.792. The maximum absolute atomic E-state index is 6.32. The van der Waals surface area contributed by atoms with E-state index in [1.807, 2.05) is 12.1 Å². The van der Waals surface area contributed by atoms with Gasteiger partial charge >= 0.3 is 0 Å². The quantitative estimate of drug-likeness (QED) is 0.888. The summed E-state index contributed by atoms with van der Waals surface area (Å²) < 4.78 is 1.01. The Labute approximate surface area is 123 Å². The van der Waals surface area contributed by atoms with Crippen LogP contribution in [0.4, 0.5) is 0 Å². The first-order valence-corrected chi connectivity index (χ1v) is 7.64. The lowest BCUT2D eigenvalue weighted by atomic mass is 9.85. The third kappa shape index (κ3) is 3.27. The Kier molecular flexibility index (Phi) is 5.07. The summed E-state index contributed by atoms with van der Waals surface area (Å²) in [6, 6.07) is 6.25. The van der Waals surface area contributed by atoms with Gasteiger partial charge in [-0.15, -0.1) is 0 Å². The second kappa shape index (κ2) is 6.38. The Hall–Kier alpha value is -0.0900. The van der Waals surface area contributed by atoms with Gasteiger partial charge in [0.2, 0.25) is 0 Å². The van der Waals surface area contributed by atoms with Gasteiger partial charge in [-0.05, 0) is 43.5 Å². The van der Waals surface area contributed by atoms with E-state index < -0.39 is 0 Å². The van der Waals surface area contributed by atoms with E-state index in [0.717, 1.165) is 27.5 Å². The van der Waals surface area contributed by atoms with Crippen LogP contribution in [0.1, 0.15) is 30.9 Å². The third-order valence-electron chi connectivity index (χ3n) is 3.85. The average molecular weight is 332 g/mol. The van der Waals surface area contributed by atoms with Gasteiger partial charge in [0.15, 0.2) is 0 Å². The third-order valence-corrected chi connectivity index (χ3v) is 4.67. The van der Waals surface area contributed by atoms with Crippen LogP contribution < -0.4 is 5.73 Å². The van der Waals surface area contributed by atoms with Crippen molar-refractivity contribution in [3.63, 3.8) is 0 Å². The maximum atomic E-state index is 6.32. The molecule has 0 spiro atoms. The van der Waals surface area contributed by atoms with E-state index in [9.17, 15) is 0 Å². The van der Waals surface area contributed by atoms with Crippen LogP contribution in [0, 0.1) is 5.92 Å². The lowest BCUT2D eigenvalue weighted by molar-refractivity contribution is 0.165. The molecule has 0 aromatic heterocycles. The molecule has 1 atom stereocenters. The molecule has 1 saturated carbocycles. The van der Waals surface area contributed by atoms with E-state index in [1.54, 1.807) is 0 Å². The Bertz CT molecular complexity index is 407. The Balaban J connectivity index is 2.10. The van der Waals surface area contributed by atoms with Crippen LogP contribution in [-0.2, 0) is 0 Å². The van der Waals surface area contributed by atoms with Gasteiger partial charge in [-0.3, -0.25) is 4.90 Å². The largest absolute Gasteiger partial charge is 0.329 e. The molecule has 4 heteroatoms. The minimum Gasteiger partial charge on any atom is -0.329 e. The predicted octanol–water partition coefficient (Wildman–Crippen LogP) is 3.83. The standard InChI is InChI=1S/C14H20BrClN2/c1-18(9-10-3-2-4-10)14(8-17)12-6-5-11(15)7-13(12)16/h5-7,10,14H,2-4,8-9,17H2,1H3. The zero-order chi connectivity index (χ0) is 13.1. The van der Waals surface area contributed by atoms with Gasteiger partial charge in [0.25, 0.3) is 0 Å². The number of benzene rings is 1. The molecule has 0 aliphatic heterocycles. The first-order chi connectivity index (χ1) is 8.61. The molecule has 0 amide bonds. The highest BCUT2D eigenvalue weighted by atomic mass is 79.9. The van der Waals surface area contributed by atoms with Gasteiger partial charge in [-0.2, -0.15) is 0 Å². The monoisotopic (exact) mass is 330 g/mol. The molecular formula is C14H20BrClN2. The molecular weight excluding hydrogens is 312 g/mol. The fourth-order valence-corrected chi connectivity index (χ4v) is 3.33. The summed E-state index contributed by atoms with van der Waals surface area (Å²) >= 11 is 9.75. The van der Waals surface area contributed by atoms with Crippen LogP contribution >= 0.6 is 27.5 Å². The fourth-order valence-electron chi connectivity index (χ4n) is 2.53. The molecule has 1 aliphatic carbocycles. The van der Waals surface area contributed by atoms with Gasteiger partial charge in [-0.25, -0.2) is 0 Å². The zero-order valence-corrected chi connectivity index (χ0v) is 13.0. The molecule has 0 saturated heterocycles. The van der Waals surface area contributed by atoms with Crippen LogP contribution in [0.2, 0.25) is 5.02 Å². The molecule has 2 rings (SSSR count). The molecule has 2 N–H and O–H groups in total. The molecule has 0 radical (unpaired) electrons. The minimum absolute atomic E-state index is 0.214. The number of likely N-dealkylation sites (N-methyl/N-ethyl adjacent to an activating group) is 1. The van der Waals surface area contributed by atoms with Gasteiger partial charge in [0.1, 0.15) is 0 Å². The summed E-state index contributed by atoms with van der Waals surface area (Å²) in [5.41, 5.74) is 7.06. The fraction of sp³-hybridized carbons (Fsp3) is 0.571. The topological polar surface area (TPSA) is 29.3 Å². The minimum atomic E-state index is 0.214. The Morgan fingerprint density at radius 3 is 2.72 bits per heavy atom. The van der Waals surface area contributed by atoms with Crippen molar-refractivity contribution in [3.05, 3.63) is 33.3 Å². The number of nitrogens with zero attached hydrogens (tertiary/aromatic N) is 1. The summed E-state index contributed by atoms with van der Waals surface area (Å²) in [6.07, 6.45) is 4.09. The molecule has 100 valence electrons. The van der Waals surface area contributed by atoms with Gasteiger partial charge in [0, 0.05) is 28.6 Å². The molecule has 1 aromatic rings. The van der Waals surface area contributed by atoms with E-state index in [4.69, 9.17) is 17.3 Å². The SMILES string of the molecule is CN(CC1CCC1)C(CN)c1ccc(Br)cc1Cl. The molecule has 18 heavy (non-hydrogen) atoms. The van der Waals surface area contributed by atoms with E-state index in [2.05, 4.69) is 33.9 Å². The Morgan fingerprint density at radius 1 is 1.50 bits per heavy atom. The average Bonchev–Trinajstić information content (AvgIpc) is 2.27. The molecule has 1 aliphatic rings. The van der Waals surface area contributed by atoms with Gasteiger partial charge in [-0.1, -0.05) is 40.0 Å². The molecule has 1 aromatic carbocycles. The van der Waals surface area contributed by atoms with E-state index in [1.165, 1.54) is 19.3 Å². The Morgan fingerprint density at radius 2 is 2.22 bits per heavy atom. The summed E-state index contributed by atoms with van der Waals surface area (Å²) in [7, 11) is 2.15. The summed E-state index contributed by atoms with van der Waals surface area (Å²) in [6.45, 7) is 1.72. The highest BCUT2D eigenvalue weighted by Crippen LogP contribution is 2.32. The van der Waals surface area contributed by atoms with E-state index in [0.29, 0.717) is 6.54 Å². The van der Waals surface area contributed by atoms with Gasteiger partial charge < -0.3 is 5.73 Å². The van der Waals surface area contributed by atoms with Crippen molar-refractivity contribution < 1.29 is 0 Å². The van der Waals surface area contributed by atoms with E-state index >= 15 is 0 Å². The number of nitrogens with two attached hydrogens (primary N) is 1. The van der Waals surface area contributed by atoms with Crippen molar-refractivity contribution in [3.8, 4) is 0 Å². The van der Waals surface area contributed by atoms with E-state index in [-0.39, 0.29) is 6.04 Å². The molecule has 0 heterocycles. The zero-order valence-electron chi connectivity index (χ0n) is 10.7. The highest BCUT2D eigenvalue weighted by molar-refractivity contribution is 9.10. The molecule has 2 nitrogen and oxygen atoms in total. The van der Waals surface area contributed by atoms with Gasteiger partial charge in [0.05, 0.1) is 0 Å².